The molecule has 0 saturated heterocycles. The van der Waals surface area contributed by atoms with Crippen molar-refractivity contribution in [1.29, 1.82) is 0 Å². The van der Waals surface area contributed by atoms with E-state index in [1.54, 1.807) is 4.90 Å². The summed E-state index contributed by atoms with van der Waals surface area (Å²) in [5, 5.41) is 8.67. The van der Waals surface area contributed by atoms with Gasteiger partial charge < -0.3 is 10.0 Å². The van der Waals surface area contributed by atoms with Crippen LogP contribution in [0.25, 0.3) is 0 Å². The summed E-state index contributed by atoms with van der Waals surface area (Å²) >= 11 is 0. The SMILES string of the molecule is CCN(CC)C(=O)c1ccc(S(=O)(=O)N(C)CC(=O)O)cc1. The Morgan fingerprint density at radius 1 is 1.09 bits per heavy atom. The first kappa shape index (κ1) is 18.1. The lowest BCUT2D eigenvalue weighted by Crippen LogP contribution is -2.32. The minimum Gasteiger partial charge on any atom is -0.480 e. The van der Waals surface area contributed by atoms with E-state index >= 15 is 0 Å². The van der Waals surface area contributed by atoms with Crippen LogP contribution < -0.4 is 0 Å². The summed E-state index contributed by atoms with van der Waals surface area (Å²) in [5.74, 6) is -1.41. The predicted octanol–water partition coefficient (Wildman–Crippen LogP) is 0.874. The first-order chi connectivity index (χ1) is 10.2. The molecule has 0 saturated carbocycles. The molecule has 7 nitrogen and oxygen atoms in total. The summed E-state index contributed by atoms with van der Waals surface area (Å²) in [6.45, 7) is 4.23. The Labute approximate surface area is 130 Å². The lowest BCUT2D eigenvalue weighted by Gasteiger charge is -2.19. The zero-order valence-electron chi connectivity index (χ0n) is 12.8. The second-order valence-electron chi connectivity index (χ2n) is 4.66. The van der Waals surface area contributed by atoms with Crippen molar-refractivity contribution in [3.8, 4) is 0 Å². The van der Waals surface area contributed by atoms with E-state index in [2.05, 4.69) is 0 Å². The number of benzene rings is 1. The standard InChI is InChI=1S/C14H20N2O5S/c1-4-16(5-2)14(19)11-6-8-12(9-7-11)22(20,21)15(3)10-13(17)18/h6-9H,4-5,10H2,1-3H3,(H,17,18). The van der Waals surface area contributed by atoms with E-state index in [4.69, 9.17) is 5.11 Å². The van der Waals surface area contributed by atoms with E-state index in [1.165, 1.54) is 31.3 Å². The van der Waals surface area contributed by atoms with Gasteiger partial charge in [-0.2, -0.15) is 4.31 Å². The van der Waals surface area contributed by atoms with E-state index in [9.17, 15) is 18.0 Å². The topological polar surface area (TPSA) is 95.0 Å². The van der Waals surface area contributed by atoms with Crippen LogP contribution >= 0.6 is 0 Å². The maximum absolute atomic E-state index is 12.2. The van der Waals surface area contributed by atoms with Gasteiger partial charge in [-0.15, -0.1) is 0 Å². The van der Waals surface area contributed by atoms with Crippen molar-refractivity contribution in [2.45, 2.75) is 18.7 Å². The smallest absolute Gasteiger partial charge is 0.318 e. The zero-order valence-corrected chi connectivity index (χ0v) is 13.6. The maximum atomic E-state index is 12.2. The van der Waals surface area contributed by atoms with Crippen LogP contribution in [0.2, 0.25) is 0 Å². The molecule has 0 unspecified atom stereocenters. The first-order valence-electron chi connectivity index (χ1n) is 6.81. The second kappa shape index (κ2) is 7.37. The number of likely N-dealkylation sites (N-methyl/N-ethyl adjacent to an activating group) is 1. The highest BCUT2D eigenvalue weighted by molar-refractivity contribution is 7.89. The molecule has 1 aromatic rings. The van der Waals surface area contributed by atoms with Gasteiger partial charge in [0.15, 0.2) is 0 Å². The largest absolute Gasteiger partial charge is 0.480 e. The van der Waals surface area contributed by atoms with Gasteiger partial charge in [0.1, 0.15) is 6.54 Å². The van der Waals surface area contributed by atoms with Crippen molar-refractivity contribution in [3.63, 3.8) is 0 Å². The van der Waals surface area contributed by atoms with E-state index < -0.39 is 22.5 Å². The predicted molar refractivity (Wildman–Crippen MR) is 81.1 cm³/mol. The molecule has 0 spiro atoms. The van der Waals surface area contributed by atoms with Crippen LogP contribution in [-0.2, 0) is 14.8 Å². The summed E-state index contributed by atoms with van der Waals surface area (Å²) in [7, 11) is -2.69. The number of sulfonamides is 1. The molecule has 0 aliphatic heterocycles. The maximum Gasteiger partial charge on any atom is 0.318 e. The van der Waals surface area contributed by atoms with Gasteiger partial charge in [0, 0.05) is 25.7 Å². The Bertz CT molecular complexity index is 636. The molecular weight excluding hydrogens is 308 g/mol. The van der Waals surface area contributed by atoms with Gasteiger partial charge in [0.25, 0.3) is 5.91 Å². The Balaban J connectivity index is 3.02. The number of rotatable bonds is 7. The average Bonchev–Trinajstić information content (AvgIpc) is 2.47. The van der Waals surface area contributed by atoms with Crippen LogP contribution in [0.5, 0.6) is 0 Å². The van der Waals surface area contributed by atoms with Crippen molar-refractivity contribution < 1.29 is 23.1 Å². The summed E-state index contributed by atoms with van der Waals surface area (Å²) in [6, 6.07) is 5.49. The third-order valence-electron chi connectivity index (χ3n) is 3.22. The third-order valence-corrected chi connectivity index (χ3v) is 5.04. The Morgan fingerprint density at radius 3 is 2.00 bits per heavy atom. The van der Waals surface area contributed by atoms with Crippen LogP contribution in [0.1, 0.15) is 24.2 Å². The molecule has 1 amide bonds. The Hall–Kier alpha value is -1.93. The average molecular weight is 328 g/mol. The van der Waals surface area contributed by atoms with Crippen molar-refractivity contribution in [2.24, 2.45) is 0 Å². The number of carbonyl (C=O) groups excluding carboxylic acids is 1. The van der Waals surface area contributed by atoms with E-state index in [0.29, 0.717) is 18.7 Å². The summed E-state index contributed by atoms with van der Waals surface area (Å²) in [4.78, 5) is 24.3. The molecule has 1 aromatic carbocycles. The van der Waals surface area contributed by atoms with Crippen LogP contribution in [0.15, 0.2) is 29.2 Å². The van der Waals surface area contributed by atoms with Crippen LogP contribution in [-0.4, -0.2) is 61.3 Å². The number of carbonyl (C=O) groups is 2. The monoisotopic (exact) mass is 328 g/mol. The minimum atomic E-state index is -3.88. The fourth-order valence-electron chi connectivity index (χ4n) is 1.92. The molecule has 122 valence electrons. The molecule has 0 aliphatic carbocycles. The number of amides is 1. The zero-order chi connectivity index (χ0) is 16.9. The highest BCUT2D eigenvalue weighted by atomic mass is 32.2. The van der Waals surface area contributed by atoms with Crippen molar-refractivity contribution in [2.75, 3.05) is 26.7 Å². The van der Waals surface area contributed by atoms with Crippen molar-refractivity contribution in [3.05, 3.63) is 29.8 Å². The molecule has 0 fully saturated rings. The van der Waals surface area contributed by atoms with E-state index in [1.807, 2.05) is 13.8 Å². The van der Waals surface area contributed by atoms with E-state index in [0.717, 1.165) is 4.31 Å². The van der Waals surface area contributed by atoms with Gasteiger partial charge in [-0.25, -0.2) is 8.42 Å². The molecule has 0 heterocycles. The second-order valence-corrected chi connectivity index (χ2v) is 6.70. The quantitative estimate of drug-likeness (QED) is 0.801. The van der Waals surface area contributed by atoms with E-state index in [-0.39, 0.29) is 10.8 Å². The van der Waals surface area contributed by atoms with Crippen LogP contribution in [0.3, 0.4) is 0 Å². The number of hydrogen-bond acceptors (Lipinski definition) is 4. The number of nitrogens with zero attached hydrogens (tertiary/aromatic N) is 2. The summed E-state index contributed by atoms with van der Waals surface area (Å²) < 4.78 is 25.1. The normalized spacial score (nSPS) is 11.5. The lowest BCUT2D eigenvalue weighted by atomic mass is 10.2. The summed E-state index contributed by atoms with van der Waals surface area (Å²) in [5.41, 5.74) is 0.392. The number of hydrogen-bond donors (Lipinski definition) is 1. The molecule has 0 bridgehead atoms. The Morgan fingerprint density at radius 2 is 1.59 bits per heavy atom. The number of carboxylic acid groups (broad SMARTS) is 1. The molecule has 0 aliphatic rings. The Kier molecular flexibility index (Phi) is 6.07. The van der Waals surface area contributed by atoms with Crippen molar-refractivity contribution >= 4 is 21.9 Å². The van der Waals surface area contributed by atoms with Gasteiger partial charge in [0.2, 0.25) is 10.0 Å². The van der Waals surface area contributed by atoms with Gasteiger partial charge >= 0.3 is 5.97 Å². The van der Waals surface area contributed by atoms with Gasteiger partial charge in [0.05, 0.1) is 4.90 Å². The number of aliphatic carboxylic acids is 1. The fraction of sp³-hybridized carbons (Fsp3) is 0.429. The fourth-order valence-corrected chi connectivity index (χ4v) is 3.04. The molecule has 0 radical (unpaired) electrons. The molecule has 8 heteroatoms. The summed E-state index contributed by atoms with van der Waals surface area (Å²) in [6.07, 6.45) is 0. The molecule has 22 heavy (non-hydrogen) atoms. The molecule has 0 atom stereocenters. The van der Waals surface area contributed by atoms with Gasteiger partial charge in [-0.3, -0.25) is 9.59 Å². The molecule has 1 rings (SSSR count). The lowest BCUT2D eigenvalue weighted by molar-refractivity contribution is -0.137. The highest BCUT2D eigenvalue weighted by Crippen LogP contribution is 2.16. The van der Waals surface area contributed by atoms with Crippen LogP contribution in [0.4, 0.5) is 0 Å². The third kappa shape index (κ3) is 4.05. The van der Waals surface area contributed by atoms with Gasteiger partial charge in [-0.1, -0.05) is 0 Å². The molecule has 1 N–H and O–H groups in total. The van der Waals surface area contributed by atoms with Crippen molar-refractivity contribution in [1.82, 2.24) is 9.21 Å². The first-order valence-corrected chi connectivity index (χ1v) is 8.25. The van der Waals surface area contributed by atoms with Gasteiger partial charge in [-0.05, 0) is 38.1 Å². The molecule has 0 aromatic heterocycles. The highest BCUT2D eigenvalue weighted by Gasteiger charge is 2.23. The molecular formula is C14H20N2O5S. The number of carboxylic acids is 1. The minimum absolute atomic E-state index is 0.0488. The van der Waals surface area contributed by atoms with Crippen LogP contribution in [0, 0.1) is 0 Å².